The Balaban J connectivity index is 3.59. The van der Waals surface area contributed by atoms with Gasteiger partial charge in [0.05, 0.1) is 41.3 Å². The second-order valence-corrected chi connectivity index (χ2v) is 17.3. The van der Waals surface area contributed by atoms with Gasteiger partial charge >= 0.3 is 11.9 Å². The van der Waals surface area contributed by atoms with Crippen LogP contribution in [-0.4, -0.2) is 88.5 Å². The SMILES string of the molecule is CCCCCCCCCCCCCC[N+](C)(C)CCOC(=O)CCCCCCCC(=O)OCC[N+](C)(C)CCCCCCCCCCCCCC. The van der Waals surface area contributed by atoms with Gasteiger partial charge in [-0.1, -0.05) is 162 Å². The van der Waals surface area contributed by atoms with E-state index in [-0.39, 0.29) is 11.9 Å². The standard InChI is InChI=1S/C45H92N2O4/c1-7-9-11-13-15-17-19-21-23-25-30-34-38-46(3,4)40-42-50-44(48)36-32-28-27-29-33-37-45(49)51-43-41-47(5,6)39-35-31-26-24-22-20-18-16-14-12-10-8-2/h7-43H2,1-6H3/q+2. The smallest absolute Gasteiger partial charge is 0.305 e. The molecule has 0 spiro atoms. The van der Waals surface area contributed by atoms with Crippen LogP contribution in [-0.2, 0) is 19.1 Å². The van der Waals surface area contributed by atoms with Crippen LogP contribution in [0.5, 0.6) is 0 Å². The Morgan fingerprint density at radius 3 is 0.843 bits per heavy atom. The first-order chi connectivity index (χ1) is 24.6. The summed E-state index contributed by atoms with van der Waals surface area (Å²) in [5.74, 6) is -0.131. The monoisotopic (exact) mass is 725 g/mol. The van der Waals surface area contributed by atoms with Gasteiger partial charge in [-0.15, -0.1) is 0 Å². The van der Waals surface area contributed by atoms with Crippen molar-refractivity contribution in [3.8, 4) is 0 Å². The number of likely N-dealkylation sites (N-methyl/N-ethyl adjacent to an activating group) is 2. The van der Waals surface area contributed by atoms with Gasteiger partial charge in [-0.3, -0.25) is 9.59 Å². The summed E-state index contributed by atoms with van der Waals surface area (Å²) in [7, 11) is 9.01. The van der Waals surface area contributed by atoms with Crippen molar-refractivity contribution in [2.75, 3.05) is 67.6 Å². The average Bonchev–Trinajstić information content (AvgIpc) is 3.08. The van der Waals surface area contributed by atoms with Gasteiger partial charge in [0, 0.05) is 12.8 Å². The summed E-state index contributed by atoms with van der Waals surface area (Å²) in [5.41, 5.74) is 0. The number of rotatable bonds is 40. The normalized spacial score (nSPS) is 12.0. The Hall–Kier alpha value is -1.14. The van der Waals surface area contributed by atoms with Crippen LogP contribution in [0.1, 0.15) is 213 Å². The van der Waals surface area contributed by atoms with Gasteiger partial charge in [0.2, 0.25) is 0 Å². The molecule has 0 fully saturated rings. The summed E-state index contributed by atoms with van der Waals surface area (Å²) < 4.78 is 13.0. The topological polar surface area (TPSA) is 52.6 Å². The van der Waals surface area contributed by atoms with E-state index in [2.05, 4.69) is 42.0 Å². The molecule has 0 aliphatic carbocycles. The molecule has 0 atom stereocenters. The fourth-order valence-electron chi connectivity index (χ4n) is 7.01. The molecule has 0 aromatic rings. The molecule has 0 aliphatic heterocycles. The number of nitrogens with zero attached hydrogens (tertiary/aromatic N) is 2. The molecule has 0 aliphatic rings. The summed E-state index contributed by atoms with van der Waals surface area (Å²) in [6.45, 7) is 9.67. The van der Waals surface area contributed by atoms with Crippen molar-refractivity contribution in [3.05, 3.63) is 0 Å². The average molecular weight is 725 g/mol. The highest BCUT2D eigenvalue weighted by Gasteiger charge is 2.17. The van der Waals surface area contributed by atoms with E-state index in [1.807, 2.05) is 0 Å². The largest absolute Gasteiger partial charge is 0.460 e. The van der Waals surface area contributed by atoms with Gasteiger partial charge in [0.25, 0.3) is 0 Å². The molecule has 0 amide bonds. The number of hydrogen-bond donors (Lipinski definition) is 0. The Kier molecular flexibility index (Phi) is 35.1. The lowest BCUT2D eigenvalue weighted by atomic mass is 10.1. The van der Waals surface area contributed by atoms with Crippen molar-refractivity contribution in [2.45, 2.75) is 213 Å². The van der Waals surface area contributed by atoms with Crippen molar-refractivity contribution < 1.29 is 28.0 Å². The number of carbonyl (C=O) groups is 2. The van der Waals surface area contributed by atoms with Crippen molar-refractivity contribution in [2.24, 2.45) is 0 Å². The van der Waals surface area contributed by atoms with Crippen molar-refractivity contribution >= 4 is 11.9 Å². The predicted octanol–water partition coefficient (Wildman–Crippen LogP) is 12.4. The summed E-state index contributed by atoms with van der Waals surface area (Å²) in [5, 5.41) is 0. The second kappa shape index (κ2) is 35.9. The van der Waals surface area contributed by atoms with Crippen LogP contribution in [0.15, 0.2) is 0 Å². The lowest BCUT2D eigenvalue weighted by Gasteiger charge is -2.29. The van der Waals surface area contributed by atoms with Crippen LogP contribution >= 0.6 is 0 Å². The zero-order valence-corrected chi connectivity index (χ0v) is 35.7. The summed E-state index contributed by atoms with van der Waals surface area (Å²) >= 11 is 0. The second-order valence-electron chi connectivity index (χ2n) is 17.3. The van der Waals surface area contributed by atoms with E-state index in [0.29, 0.717) is 26.1 Å². The highest BCUT2D eigenvalue weighted by Crippen LogP contribution is 2.15. The Labute approximate surface area is 319 Å². The van der Waals surface area contributed by atoms with Crippen LogP contribution < -0.4 is 0 Å². The molecule has 6 heteroatoms. The first-order valence-electron chi connectivity index (χ1n) is 22.6. The molecule has 0 bridgehead atoms. The van der Waals surface area contributed by atoms with Gasteiger partial charge < -0.3 is 18.4 Å². The molecule has 6 nitrogen and oxygen atoms in total. The van der Waals surface area contributed by atoms with Crippen LogP contribution in [0.4, 0.5) is 0 Å². The van der Waals surface area contributed by atoms with Crippen molar-refractivity contribution in [1.82, 2.24) is 0 Å². The Morgan fingerprint density at radius 2 is 0.569 bits per heavy atom. The predicted molar refractivity (Wildman–Crippen MR) is 220 cm³/mol. The maximum atomic E-state index is 12.2. The number of esters is 2. The van der Waals surface area contributed by atoms with Gasteiger partial charge in [0.15, 0.2) is 0 Å². The van der Waals surface area contributed by atoms with E-state index in [9.17, 15) is 9.59 Å². The third kappa shape index (κ3) is 38.4. The first-order valence-corrected chi connectivity index (χ1v) is 22.6. The first kappa shape index (κ1) is 49.9. The maximum absolute atomic E-state index is 12.2. The van der Waals surface area contributed by atoms with E-state index in [4.69, 9.17) is 9.47 Å². The van der Waals surface area contributed by atoms with Crippen LogP contribution in [0, 0.1) is 0 Å². The third-order valence-corrected chi connectivity index (χ3v) is 10.9. The molecule has 0 aromatic heterocycles. The molecule has 0 aromatic carbocycles. The third-order valence-electron chi connectivity index (χ3n) is 10.9. The van der Waals surface area contributed by atoms with Gasteiger partial charge in [-0.25, -0.2) is 0 Å². The summed E-state index contributed by atoms with van der Waals surface area (Å²) in [6.07, 6.45) is 38.9. The summed E-state index contributed by atoms with van der Waals surface area (Å²) in [4.78, 5) is 24.4. The quantitative estimate of drug-likeness (QED) is 0.0359. The number of hydrogen-bond acceptors (Lipinski definition) is 4. The van der Waals surface area contributed by atoms with E-state index in [0.717, 1.165) is 67.2 Å². The molecule has 51 heavy (non-hydrogen) atoms. The van der Waals surface area contributed by atoms with Crippen LogP contribution in [0.2, 0.25) is 0 Å². The van der Waals surface area contributed by atoms with Crippen LogP contribution in [0.25, 0.3) is 0 Å². The van der Waals surface area contributed by atoms with E-state index < -0.39 is 0 Å². The lowest BCUT2D eigenvalue weighted by molar-refractivity contribution is -0.890. The van der Waals surface area contributed by atoms with Gasteiger partial charge in [-0.05, 0) is 38.5 Å². The molecule has 0 radical (unpaired) electrons. The molecule has 304 valence electrons. The Morgan fingerprint density at radius 1 is 0.333 bits per heavy atom. The van der Waals surface area contributed by atoms with E-state index >= 15 is 0 Å². The minimum Gasteiger partial charge on any atom is -0.460 e. The van der Waals surface area contributed by atoms with E-state index in [1.54, 1.807) is 0 Å². The minimum atomic E-state index is -0.0657. The molecule has 0 N–H and O–H groups in total. The molecule has 0 heterocycles. The Bertz CT molecular complexity index is 707. The zero-order valence-electron chi connectivity index (χ0n) is 35.7. The molecule has 0 saturated carbocycles. The molecular weight excluding hydrogens is 633 g/mol. The van der Waals surface area contributed by atoms with Gasteiger partial charge in [-0.2, -0.15) is 0 Å². The highest BCUT2D eigenvalue weighted by atomic mass is 16.5. The van der Waals surface area contributed by atoms with Crippen LogP contribution in [0.3, 0.4) is 0 Å². The molecule has 0 rings (SSSR count). The zero-order chi connectivity index (χ0) is 37.7. The molecular formula is C45H92N2O4+2. The lowest BCUT2D eigenvalue weighted by Crippen LogP contribution is -2.43. The highest BCUT2D eigenvalue weighted by molar-refractivity contribution is 5.69. The fraction of sp³-hybridized carbons (Fsp3) is 0.956. The van der Waals surface area contributed by atoms with Gasteiger partial charge in [0.1, 0.15) is 26.3 Å². The minimum absolute atomic E-state index is 0.0657. The molecule has 0 saturated heterocycles. The van der Waals surface area contributed by atoms with Crippen molar-refractivity contribution in [1.29, 1.82) is 0 Å². The number of unbranched alkanes of at least 4 members (excludes halogenated alkanes) is 26. The number of quaternary nitrogens is 2. The molecule has 0 unspecified atom stereocenters. The number of ether oxygens (including phenoxy) is 2. The fourth-order valence-corrected chi connectivity index (χ4v) is 7.01. The number of carbonyl (C=O) groups excluding carboxylic acids is 2. The summed E-state index contributed by atoms with van der Waals surface area (Å²) in [6, 6.07) is 0. The van der Waals surface area contributed by atoms with E-state index in [1.165, 1.54) is 154 Å². The maximum Gasteiger partial charge on any atom is 0.305 e. The van der Waals surface area contributed by atoms with Crippen molar-refractivity contribution in [3.63, 3.8) is 0 Å².